The third kappa shape index (κ3) is 4.37. The predicted molar refractivity (Wildman–Crippen MR) is 61.3 cm³/mol. The quantitative estimate of drug-likeness (QED) is 0.400. The summed E-state index contributed by atoms with van der Waals surface area (Å²) in [6.45, 7) is 0.491. The first kappa shape index (κ1) is 16.3. The third-order valence-corrected chi connectivity index (χ3v) is 3.10. The van der Waals surface area contributed by atoms with Gasteiger partial charge in [-0.25, -0.2) is 0 Å². The molecular weight excluding hydrogens is 282 g/mol. The highest BCUT2D eigenvalue weighted by Crippen LogP contribution is 2.23. The lowest BCUT2D eigenvalue weighted by Gasteiger charge is -2.41. The van der Waals surface area contributed by atoms with Crippen molar-refractivity contribution in [3.8, 4) is 0 Å². The summed E-state index contributed by atoms with van der Waals surface area (Å²) in [7, 11) is -3.91. The van der Waals surface area contributed by atoms with Crippen molar-refractivity contribution in [2.75, 3.05) is 12.9 Å². The van der Waals surface area contributed by atoms with Crippen LogP contribution in [0.2, 0.25) is 0 Å². The Morgan fingerprint density at radius 3 is 2.42 bits per heavy atom. The molecule has 0 saturated carbocycles. The number of nitrogens with one attached hydrogen (secondary N) is 1. The van der Waals surface area contributed by atoms with Crippen molar-refractivity contribution in [2.45, 2.75) is 37.6 Å². The van der Waals surface area contributed by atoms with E-state index in [9.17, 15) is 23.4 Å². The Kier molecular flexibility index (Phi) is 5.24. The zero-order chi connectivity index (χ0) is 14.8. The molecule has 5 atom stereocenters. The molecule has 0 aromatic heterocycles. The fraction of sp³-hybridized carbons (Fsp3) is 0.889. The van der Waals surface area contributed by atoms with Gasteiger partial charge in [0.25, 0.3) is 10.1 Å². The van der Waals surface area contributed by atoms with E-state index in [0.29, 0.717) is 0 Å². The number of amides is 1. The highest BCUT2D eigenvalue weighted by Gasteiger charge is 2.47. The third-order valence-electron chi connectivity index (χ3n) is 2.53. The number of ether oxygens (including phenoxy) is 1. The molecular formula is C9H17NO8S. The Balaban J connectivity index is 2.94. The van der Waals surface area contributed by atoms with Gasteiger partial charge in [0.15, 0.2) is 6.29 Å². The van der Waals surface area contributed by atoms with Crippen molar-refractivity contribution in [1.82, 2.24) is 5.32 Å². The minimum absolute atomic E-state index is 0.549. The summed E-state index contributed by atoms with van der Waals surface area (Å²) in [6, 6.07) is -1.26. The monoisotopic (exact) mass is 299 g/mol. The summed E-state index contributed by atoms with van der Waals surface area (Å²) in [4.78, 5) is 10.9. The Bertz CT molecular complexity index is 424. The van der Waals surface area contributed by atoms with Gasteiger partial charge in [-0.1, -0.05) is 0 Å². The molecule has 19 heavy (non-hydrogen) atoms. The molecule has 1 saturated heterocycles. The molecule has 4 N–H and O–H groups in total. The zero-order valence-corrected chi connectivity index (χ0v) is 11.2. The largest absolute Gasteiger partial charge is 0.394 e. The first-order chi connectivity index (χ1) is 8.65. The molecule has 4 unspecified atom stereocenters. The Labute approximate surface area is 110 Å². The van der Waals surface area contributed by atoms with Crippen LogP contribution in [0.5, 0.6) is 0 Å². The van der Waals surface area contributed by atoms with Crippen LogP contribution in [0.15, 0.2) is 0 Å². The molecule has 1 aliphatic rings. The van der Waals surface area contributed by atoms with Gasteiger partial charge < -0.3 is 25.4 Å². The van der Waals surface area contributed by atoms with E-state index in [0.717, 1.165) is 13.2 Å². The van der Waals surface area contributed by atoms with Crippen LogP contribution in [0.3, 0.4) is 0 Å². The predicted octanol–water partition coefficient (Wildman–Crippen LogP) is -3.09. The maximum Gasteiger partial charge on any atom is 0.264 e. The average molecular weight is 299 g/mol. The van der Waals surface area contributed by atoms with Crippen LogP contribution >= 0.6 is 0 Å². The Morgan fingerprint density at radius 2 is 2.00 bits per heavy atom. The lowest BCUT2D eigenvalue weighted by molar-refractivity contribution is -0.247. The van der Waals surface area contributed by atoms with Crippen molar-refractivity contribution >= 4 is 16.0 Å². The van der Waals surface area contributed by atoms with Crippen LogP contribution in [0.1, 0.15) is 6.92 Å². The van der Waals surface area contributed by atoms with E-state index in [4.69, 9.17) is 9.84 Å². The number of aliphatic hydroxyl groups is 3. The molecule has 9 nitrogen and oxygen atoms in total. The second kappa shape index (κ2) is 6.11. The van der Waals surface area contributed by atoms with E-state index in [1.807, 2.05) is 0 Å². The summed E-state index contributed by atoms with van der Waals surface area (Å²) in [6.07, 6.45) is -5.04. The van der Waals surface area contributed by atoms with E-state index >= 15 is 0 Å². The van der Waals surface area contributed by atoms with Gasteiger partial charge in [-0.15, -0.1) is 0 Å². The molecule has 1 aliphatic heterocycles. The fourth-order valence-electron chi connectivity index (χ4n) is 1.79. The highest BCUT2D eigenvalue weighted by atomic mass is 32.2. The van der Waals surface area contributed by atoms with Crippen LogP contribution in [-0.4, -0.2) is 73.2 Å². The van der Waals surface area contributed by atoms with E-state index in [1.165, 1.54) is 0 Å². The average Bonchev–Trinajstić information content (AvgIpc) is 2.26. The molecule has 0 aliphatic carbocycles. The second-order valence-electron chi connectivity index (χ2n) is 4.23. The van der Waals surface area contributed by atoms with E-state index in [-0.39, 0.29) is 0 Å². The highest BCUT2D eigenvalue weighted by molar-refractivity contribution is 7.86. The molecule has 0 aromatic rings. The van der Waals surface area contributed by atoms with Crippen molar-refractivity contribution in [3.63, 3.8) is 0 Å². The molecule has 1 heterocycles. The second-order valence-corrected chi connectivity index (χ2v) is 5.83. The molecule has 0 bridgehead atoms. The van der Waals surface area contributed by atoms with Gasteiger partial charge in [0, 0.05) is 6.92 Å². The standard InChI is InChI=1S/C9H17NO8S/c1-4(12)10-6-7(13)8(18-19(2,15)16)5(3-11)17-9(6)14/h5-9,11,13-14H,3H2,1-2H3,(H,10,12)/t5?,6?,7?,8-,9?/m1/s1. The molecule has 0 radical (unpaired) electrons. The molecule has 0 spiro atoms. The minimum atomic E-state index is -3.91. The van der Waals surface area contributed by atoms with Crippen molar-refractivity contribution in [1.29, 1.82) is 0 Å². The van der Waals surface area contributed by atoms with Crippen LogP contribution in [0.25, 0.3) is 0 Å². The van der Waals surface area contributed by atoms with Gasteiger partial charge in [-0.3, -0.25) is 8.98 Å². The summed E-state index contributed by atoms with van der Waals surface area (Å²) in [5, 5.41) is 30.8. The topological polar surface area (TPSA) is 142 Å². The van der Waals surface area contributed by atoms with Crippen molar-refractivity contribution < 1.29 is 37.5 Å². The van der Waals surface area contributed by atoms with Gasteiger partial charge in [-0.2, -0.15) is 8.42 Å². The smallest absolute Gasteiger partial charge is 0.264 e. The number of hydrogen-bond donors (Lipinski definition) is 4. The molecule has 10 heteroatoms. The Hall–Kier alpha value is -0.780. The summed E-state index contributed by atoms with van der Waals surface area (Å²) >= 11 is 0. The molecule has 112 valence electrons. The van der Waals surface area contributed by atoms with Gasteiger partial charge >= 0.3 is 0 Å². The number of rotatable bonds is 4. The number of hydrogen-bond acceptors (Lipinski definition) is 8. The van der Waals surface area contributed by atoms with Gasteiger partial charge in [0.2, 0.25) is 5.91 Å². The Morgan fingerprint density at radius 1 is 1.42 bits per heavy atom. The summed E-state index contributed by atoms with van der Waals surface area (Å²) < 4.78 is 31.7. The van der Waals surface area contributed by atoms with Gasteiger partial charge in [0.05, 0.1) is 12.9 Å². The fourth-order valence-corrected chi connectivity index (χ4v) is 2.43. The lowest BCUT2D eigenvalue weighted by Crippen LogP contribution is -2.64. The van der Waals surface area contributed by atoms with E-state index in [1.54, 1.807) is 0 Å². The molecule has 1 fully saturated rings. The van der Waals surface area contributed by atoms with E-state index < -0.39 is 53.3 Å². The number of carbonyl (C=O) groups is 1. The van der Waals surface area contributed by atoms with Crippen LogP contribution < -0.4 is 5.32 Å². The van der Waals surface area contributed by atoms with Crippen LogP contribution in [-0.2, 0) is 23.8 Å². The minimum Gasteiger partial charge on any atom is -0.394 e. The first-order valence-electron chi connectivity index (χ1n) is 5.43. The SMILES string of the molecule is CC(=O)NC1C(O)OC(CO)[C@@H](OS(C)(=O)=O)C1O. The number of carbonyl (C=O) groups excluding carboxylic acids is 1. The van der Waals surface area contributed by atoms with Gasteiger partial charge in [0.1, 0.15) is 24.4 Å². The normalized spacial score (nSPS) is 35.9. The maximum atomic E-state index is 11.1. The van der Waals surface area contributed by atoms with Gasteiger partial charge in [-0.05, 0) is 0 Å². The van der Waals surface area contributed by atoms with E-state index in [2.05, 4.69) is 9.50 Å². The molecule has 0 aromatic carbocycles. The molecule has 1 rings (SSSR count). The van der Waals surface area contributed by atoms with Crippen LogP contribution in [0.4, 0.5) is 0 Å². The van der Waals surface area contributed by atoms with Crippen molar-refractivity contribution in [2.24, 2.45) is 0 Å². The number of aliphatic hydroxyl groups excluding tert-OH is 3. The zero-order valence-electron chi connectivity index (χ0n) is 10.4. The summed E-state index contributed by atoms with van der Waals surface area (Å²) in [5.41, 5.74) is 0. The lowest BCUT2D eigenvalue weighted by atomic mass is 9.97. The first-order valence-corrected chi connectivity index (χ1v) is 7.25. The molecule has 1 amide bonds. The summed E-state index contributed by atoms with van der Waals surface area (Å²) in [5.74, 6) is -0.549. The van der Waals surface area contributed by atoms with Crippen LogP contribution in [0, 0.1) is 0 Å². The van der Waals surface area contributed by atoms with Crippen molar-refractivity contribution in [3.05, 3.63) is 0 Å². The maximum absolute atomic E-state index is 11.1.